The lowest BCUT2D eigenvalue weighted by molar-refractivity contribution is 0.618. The SMILES string of the molecule is Cc1cccc(N(c2cccc(C)c2)c2ccc3cc(/C=C/c4ccnc5c4CCCC5)c4c(c3c2)CCCCCC4)c1. The number of hydrogen-bond acceptors (Lipinski definition) is 2. The van der Waals surface area contributed by atoms with Crippen LogP contribution in [-0.4, -0.2) is 4.98 Å². The minimum Gasteiger partial charge on any atom is -0.310 e. The molecule has 2 nitrogen and oxygen atoms in total. The standard InChI is InChI=1S/C41H42N2/c1-29-11-9-13-34(25-29)43(35-14-10-12-30(2)26-35)36-22-21-33-27-32(37-15-5-3-4-6-17-39(37)40(33)28-36)20-19-31-23-24-42-41-18-8-7-16-38(31)41/h9-14,19-28H,3-8,15-18H2,1-2H3/b20-19+. The molecule has 0 aliphatic heterocycles. The second-order valence-electron chi connectivity index (χ2n) is 12.6. The Bertz CT molecular complexity index is 1770. The van der Waals surface area contributed by atoms with Crippen LogP contribution in [-0.2, 0) is 25.7 Å². The maximum absolute atomic E-state index is 4.71. The third-order valence-electron chi connectivity index (χ3n) is 9.48. The van der Waals surface area contributed by atoms with Crippen LogP contribution in [0.5, 0.6) is 0 Å². The highest BCUT2D eigenvalue weighted by Gasteiger charge is 2.19. The second kappa shape index (κ2) is 12.2. The monoisotopic (exact) mass is 562 g/mol. The second-order valence-corrected chi connectivity index (χ2v) is 12.6. The average molecular weight is 563 g/mol. The number of benzene rings is 4. The molecule has 0 fully saturated rings. The largest absolute Gasteiger partial charge is 0.310 e. The van der Waals surface area contributed by atoms with Crippen LogP contribution < -0.4 is 4.90 Å². The van der Waals surface area contributed by atoms with E-state index in [-0.39, 0.29) is 0 Å². The number of pyridine rings is 1. The summed E-state index contributed by atoms with van der Waals surface area (Å²) < 4.78 is 0. The van der Waals surface area contributed by atoms with Gasteiger partial charge in [0.05, 0.1) is 0 Å². The highest BCUT2D eigenvalue weighted by molar-refractivity contribution is 5.95. The van der Waals surface area contributed by atoms with E-state index in [1.807, 2.05) is 6.20 Å². The molecule has 0 amide bonds. The van der Waals surface area contributed by atoms with E-state index in [0.29, 0.717) is 0 Å². The number of aryl methyl sites for hydroxylation is 4. The van der Waals surface area contributed by atoms with E-state index in [4.69, 9.17) is 4.98 Å². The lowest BCUT2D eigenvalue weighted by atomic mass is 9.85. The van der Waals surface area contributed by atoms with Crippen LogP contribution in [0.4, 0.5) is 17.1 Å². The van der Waals surface area contributed by atoms with Gasteiger partial charge in [-0.15, -0.1) is 0 Å². The molecule has 0 N–H and O–H groups in total. The first kappa shape index (κ1) is 27.7. The summed E-state index contributed by atoms with van der Waals surface area (Å²) in [5.74, 6) is 0. The zero-order valence-corrected chi connectivity index (χ0v) is 25.7. The fourth-order valence-electron chi connectivity index (χ4n) is 7.32. The summed E-state index contributed by atoms with van der Waals surface area (Å²) in [6.45, 7) is 4.36. The van der Waals surface area contributed by atoms with Crippen molar-refractivity contribution in [1.82, 2.24) is 4.98 Å². The highest BCUT2D eigenvalue weighted by Crippen LogP contribution is 2.39. The summed E-state index contributed by atoms with van der Waals surface area (Å²) in [4.78, 5) is 7.13. The Labute approximate surface area is 257 Å². The van der Waals surface area contributed by atoms with Crippen LogP contribution in [0.25, 0.3) is 22.9 Å². The number of aromatic nitrogens is 1. The van der Waals surface area contributed by atoms with Crippen LogP contribution >= 0.6 is 0 Å². The summed E-state index contributed by atoms with van der Waals surface area (Å²) in [5.41, 5.74) is 14.8. The van der Waals surface area contributed by atoms with Crippen LogP contribution in [0.3, 0.4) is 0 Å². The van der Waals surface area contributed by atoms with Crippen molar-refractivity contribution < 1.29 is 0 Å². The first-order valence-corrected chi connectivity index (χ1v) is 16.3. The van der Waals surface area contributed by atoms with Gasteiger partial charge in [-0.3, -0.25) is 4.98 Å². The molecule has 0 bridgehead atoms. The Hall–Kier alpha value is -4.17. The van der Waals surface area contributed by atoms with Gasteiger partial charge >= 0.3 is 0 Å². The van der Waals surface area contributed by atoms with Gasteiger partial charge in [-0.1, -0.05) is 55.3 Å². The Kier molecular flexibility index (Phi) is 7.85. The molecular weight excluding hydrogens is 520 g/mol. The lowest BCUT2D eigenvalue weighted by Gasteiger charge is -2.27. The van der Waals surface area contributed by atoms with E-state index in [1.54, 1.807) is 11.1 Å². The molecule has 2 aliphatic carbocycles. The van der Waals surface area contributed by atoms with Crippen molar-refractivity contribution in [2.24, 2.45) is 0 Å². The first-order chi connectivity index (χ1) is 21.1. The normalized spacial score (nSPS) is 15.1. The Balaban J connectivity index is 1.37. The molecule has 1 aromatic heterocycles. The van der Waals surface area contributed by atoms with Crippen LogP contribution in [0.2, 0.25) is 0 Å². The zero-order chi connectivity index (χ0) is 29.2. The summed E-state index contributed by atoms with van der Waals surface area (Å²) in [6, 6.07) is 29.5. The molecule has 216 valence electrons. The number of rotatable bonds is 5. The Morgan fingerprint density at radius 2 is 1.19 bits per heavy atom. The summed E-state index contributed by atoms with van der Waals surface area (Å²) in [7, 11) is 0. The highest BCUT2D eigenvalue weighted by atomic mass is 15.1. The molecule has 0 saturated heterocycles. The van der Waals surface area contributed by atoms with Gasteiger partial charge in [0.15, 0.2) is 0 Å². The van der Waals surface area contributed by atoms with E-state index < -0.39 is 0 Å². The van der Waals surface area contributed by atoms with Gasteiger partial charge in [-0.05, 0) is 163 Å². The third kappa shape index (κ3) is 5.76. The molecule has 4 aromatic carbocycles. The van der Waals surface area contributed by atoms with Gasteiger partial charge in [0, 0.05) is 29.0 Å². The lowest BCUT2D eigenvalue weighted by Crippen LogP contribution is -2.11. The fourth-order valence-corrected chi connectivity index (χ4v) is 7.32. The van der Waals surface area contributed by atoms with Crippen molar-refractivity contribution in [3.05, 3.63) is 130 Å². The molecule has 2 aliphatic rings. The fraction of sp³-hybridized carbons (Fsp3) is 0.293. The maximum atomic E-state index is 4.71. The molecule has 1 heterocycles. The van der Waals surface area contributed by atoms with Crippen molar-refractivity contribution in [3.63, 3.8) is 0 Å². The smallest absolute Gasteiger partial charge is 0.0468 e. The quantitative estimate of drug-likeness (QED) is 0.212. The predicted molar refractivity (Wildman–Crippen MR) is 184 cm³/mol. The molecule has 0 unspecified atom stereocenters. The number of nitrogens with zero attached hydrogens (tertiary/aromatic N) is 2. The third-order valence-corrected chi connectivity index (χ3v) is 9.48. The molecular formula is C41H42N2. The molecule has 0 saturated carbocycles. The average Bonchev–Trinajstić information content (AvgIpc) is 3.00. The van der Waals surface area contributed by atoms with Crippen LogP contribution in [0.1, 0.15) is 83.2 Å². The van der Waals surface area contributed by atoms with E-state index in [1.165, 1.54) is 99.9 Å². The van der Waals surface area contributed by atoms with Gasteiger partial charge in [0.2, 0.25) is 0 Å². The molecule has 5 aromatic rings. The predicted octanol–water partition coefficient (Wildman–Crippen LogP) is 11.0. The van der Waals surface area contributed by atoms with Crippen LogP contribution in [0, 0.1) is 13.8 Å². The van der Waals surface area contributed by atoms with Crippen molar-refractivity contribution in [3.8, 4) is 0 Å². The Morgan fingerprint density at radius 1 is 0.558 bits per heavy atom. The van der Waals surface area contributed by atoms with Crippen molar-refractivity contribution in [2.45, 2.75) is 78.1 Å². The number of hydrogen-bond donors (Lipinski definition) is 0. The van der Waals surface area contributed by atoms with Crippen molar-refractivity contribution in [1.29, 1.82) is 0 Å². The minimum atomic E-state index is 1.12. The van der Waals surface area contributed by atoms with Gasteiger partial charge < -0.3 is 4.90 Å². The topological polar surface area (TPSA) is 16.1 Å². The van der Waals surface area contributed by atoms with Crippen molar-refractivity contribution >= 4 is 40.0 Å². The summed E-state index contributed by atoms with van der Waals surface area (Å²) in [6.07, 6.45) is 19.1. The number of anilines is 3. The van der Waals surface area contributed by atoms with Crippen LogP contribution in [0.15, 0.2) is 85.1 Å². The molecule has 0 radical (unpaired) electrons. The Morgan fingerprint density at radius 3 is 1.93 bits per heavy atom. The van der Waals surface area contributed by atoms with E-state index >= 15 is 0 Å². The maximum Gasteiger partial charge on any atom is 0.0468 e. The molecule has 43 heavy (non-hydrogen) atoms. The molecule has 0 spiro atoms. The first-order valence-electron chi connectivity index (χ1n) is 16.3. The molecule has 0 atom stereocenters. The molecule has 2 heteroatoms. The summed E-state index contributed by atoms with van der Waals surface area (Å²) >= 11 is 0. The number of fused-ring (bicyclic) bond motifs is 4. The zero-order valence-electron chi connectivity index (χ0n) is 25.7. The van der Waals surface area contributed by atoms with Gasteiger partial charge in [0.25, 0.3) is 0 Å². The van der Waals surface area contributed by atoms with Gasteiger partial charge in [-0.2, -0.15) is 0 Å². The summed E-state index contributed by atoms with van der Waals surface area (Å²) in [5, 5.41) is 2.76. The van der Waals surface area contributed by atoms with Gasteiger partial charge in [-0.25, -0.2) is 0 Å². The van der Waals surface area contributed by atoms with E-state index in [9.17, 15) is 0 Å². The molecule has 7 rings (SSSR count). The van der Waals surface area contributed by atoms with Gasteiger partial charge in [0.1, 0.15) is 0 Å². The van der Waals surface area contributed by atoms with E-state index in [2.05, 4.69) is 110 Å². The van der Waals surface area contributed by atoms with E-state index in [0.717, 1.165) is 25.7 Å². The minimum absolute atomic E-state index is 1.12. The van der Waals surface area contributed by atoms with Crippen molar-refractivity contribution in [2.75, 3.05) is 4.90 Å².